The zero-order valence-electron chi connectivity index (χ0n) is 17.3. The lowest BCUT2D eigenvalue weighted by Gasteiger charge is -2.10. The fourth-order valence-corrected chi connectivity index (χ4v) is 2.69. The van der Waals surface area contributed by atoms with Crippen molar-refractivity contribution < 1.29 is 28.9 Å². The summed E-state index contributed by atoms with van der Waals surface area (Å²) in [6, 6.07) is 10.1. The highest BCUT2D eigenvalue weighted by Crippen LogP contribution is 2.30. The average molecular weight is 444 g/mol. The van der Waals surface area contributed by atoms with Crippen molar-refractivity contribution in [3.05, 3.63) is 73.8 Å². The van der Waals surface area contributed by atoms with Gasteiger partial charge in [-0.25, -0.2) is 4.79 Å². The SMILES string of the molecule is CCOC(=O)Cc1cc(/C(=N/Nc2ccccc2)C(=O)OCC)c([N+](=O)[O-])cc1[N+](=O)[O-]. The monoisotopic (exact) mass is 444 g/mol. The predicted octanol–water partition coefficient (Wildman–Crippen LogP) is 2.99. The summed E-state index contributed by atoms with van der Waals surface area (Å²) in [4.78, 5) is 45.9. The van der Waals surface area contributed by atoms with Gasteiger partial charge in [-0.05, 0) is 32.0 Å². The van der Waals surface area contributed by atoms with Crippen LogP contribution >= 0.6 is 0 Å². The second-order valence-corrected chi connectivity index (χ2v) is 6.15. The van der Waals surface area contributed by atoms with Gasteiger partial charge in [-0.3, -0.25) is 30.4 Å². The summed E-state index contributed by atoms with van der Waals surface area (Å²) in [7, 11) is 0. The molecular weight excluding hydrogens is 424 g/mol. The highest BCUT2D eigenvalue weighted by atomic mass is 16.6. The van der Waals surface area contributed by atoms with E-state index in [9.17, 15) is 29.8 Å². The Morgan fingerprint density at radius 1 is 0.969 bits per heavy atom. The molecule has 0 amide bonds. The van der Waals surface area contributed by atoms with E-state index < -0.39 is 45.3 Å². The molecule has 2 rings (SSSR count). The average Bonchev–Trinajstić information content (AvgIpc) is 2.74. The number of hydrogen-bond acceptors (Lipinski definition) is 10. The molecule has 0 aliphatic rings. The predicted molar refractivity (Wildman–Crippen MR) is 113 cm³/mol. The first-order valence-electron chi connectivity index (χ1n) is 9.46. The molecule has 168 valence electrons. The number of rotatable bonds is 10. The number of ether oxygens (including phenoxy) is 2. The second kappa shape index (κ2) is 11.2. The van der Waals surface area contributed by atoms with E-state index in [2.05, 4.69) is 10.5 Å². The molecule has 0 atom stereocenters. The van der Waals surface area contributed by atoms with Crippen molar-refractivity contribution in [1.82, 2.24) is 0 Å². The number of nitrogens with zero attached hydrogens (tertiary/aromatic N) is 3. The van der Waals surface area contributed by atoms with Crippen molar-refractivity contribution in [2.24, 2.45) is 5.10 Å². The molecule has 0 bridgehead atoms. The third kappa shape index (κ3) is 6.08. The fourth-order valence-electron chi connectivity index (χ4n) is 2.69. The van der Waals surface area contributed by atoms with Gasteiger partial charge in [-0.15, -0.1) is 0 Å². The summed E-state index contributed by atoms with van der Waals surface area (Å²) in [5.41, 5.74) is 0.674. The number of nitrogens with one attached hydrogen (secondary N) is 1. The van der Waals surface area contributed by atoms with Crippen LogP contribution in [0.15, 0.2) is 47.6 Å². The number of hydrogen-bond donors (Lipinski definition) is 1. The van der Waals surface area contributed by atoms with Gasteiger partial charge in [-0.2, -0.15) is 5.10 Å². The Balaban J connectivity index is 2.68. The number of nitro groups is 2. The Kier molecular flexibility index (Phi) is 8.34. The van der Waals surface area contributed by atoms with Crippen LogP contribution in [0.3, 0.4) is 0 Å². The zero-order chi connectivity index (χ0) is 23.7. The van der Waals surface area contributed by atoms with Crippen LogP contribution in [0.4, 0.5) is 17.1 Å². The molecule has 0 unspecified atom stereocenters. The molecule has 1 N–H and O–H groups in total. The molecule has 0 radical (unpaired) electrons. The fraction of sp³-hybridized carbons (Fsp3) is 0.250. The van der Waals surface area contributed by atoms with E-state index in [0.717, 1.165) is 6.07 Å². The Morgan fingerprint density at radius 3 is 2.16 bits per heavy atom. The minimum absolute atomic E-state index is 0.0420. The largest absolute Gasteiger partial charge is 0.466 e. The normalized spacial score (nSPS) is 10.9. The number of carbonyl (C=O) groups excluding carboxylic acids is 2. The zero-order valence-corrected chi connectivity index (χ0v) is 17.3. The molecule has 0 saturated carbocycles. The second-order valence-electron chi connectivity index (χ2n) is 6.15. The van der Waals surface area contributed by atoms with Gasteiger partial charge in [0.25, 0.3) is 11.4 Å². The maximum absolute atomic E-state index is 12.6. The lowest BCUT2D eigenvalue weighted by atomic mass is 10.0. The highest BCUT2D eigenvalue weighted by Gasteiger charge is 2.31. The van der Waals surface area contributed by atoms with Crippen LogP contribution in [0, 0.1) is 20.2 Å². The van der Waals surface area contributed by atoms with E-state index in [1.807, 2.05) is 0 Å². The van der Waals surface area contributed by atoms with Crippen LogP contribution in [-0.2, 0) is 25.5 Å². The van der Waals surface area contributed by atoms with Crippen molar-refractivity contribution in [3.63, 3.8) is 0 Å². The molecule has 0 aliphatic heterocycles. The molecule has 0 saturated heterocycles. The van der Waals surface area contributed by atoms with Gasteiger partial charge in [0.2, 0.25) is 0 Å². The van der Waals surface area contributed by atoms with Crippen LogP contribution in [0.5, 0.6) is 0 Å². The third-order valence-electron chi connectivity index (χ3n) is 4.02. The third-order valence-corrected chi connectivity index (χ3v) is 4.02. The summed E-state index contributed by atoms with van der Waals surface area (Å²) in [5.74, 6) is -1.76. The lowest BCUT2D eigenvalue weighted by Crippen LogP contribution is -2.22. The lowest BCUT2D eigenvalue weighted by molar-refractivity contribution is -0.394. The van der Waals surface area contributed by atoms with Gasteiger partial charge in [0, 0.05) is 5.56 Å². The van der Waals surface area contributed by atoms with Crippen molar-refractivity contribution in [2.45, 2.75) is 20.3 Å². The van der Waals surface area contributed by atoms with E-state index >= 15 is 0 Å². The number of esters is 2. The van der Waals surface area contributed by atoms with Crippen LogP contribution < -0.4 is 5.43 Å². The minimum atomic E-state index is -0.991. The Morgan fingerprint density at radius 2 is 1.59 bits per heavy atom. The molecule has 32 heavy (non-hydrogen) atoms. The molecule has 0 spiro atoms. The van der Waals surface area contributed by atoms with Crippen LogP contribution in [0.25, 0.3) is 0 Å². The molecule has 2 aromatic rings. The molecule has 0 aliphatic carbocycles. The summed E-state index contributed by atoms with van der Waals surface area (Å²) in [5, 5.41) is 27.1. The van der Waals surface area contributed by atoms with Crippen LogP contribution in [-0.4, -0.2) is 40.7 Å². The van der Waals surface area contributed by atoms with Gasteiger partial charge in [0.1, 0.15) is 0 Å². The molecular formula is C20H20N4O8. The first-order chi connectivity index (χ1) is 15.3. The highest BCUT2D eigenvalue weighted by molar-refractivity contribution is 6.44. The van der Waals surface area contributed by atoms with Crippen molar-refractivity contribution in [1.29, 1.82) is 0 Å². The van der Waals surface area contributed by atoms with Gasteiger partial charge in [0.05, 0.1) is 46.8 Å². The summed E-state index contributed by atoms with van der Waals surface area (Å²) < 4.78 is 9.78. The number of carbonyl (C=O) groups is 2. The first-order valence-corrected chi connectivity index (χ1v) is 9.46. The van der Waals surface area contributed by atoms with E-state index in [0.29, 0.717) is 11.8 Å². The molecule has 0 heterocycles. The van der Waals surface area contributed by atoms with E-state index in [1.54, 1.807) is 37.3 Å². The molecule has 0 aromatic heterocycles. The van der Waals surface area contributed by atoms with E-state index in [4.69, 9.17) is 9.47 Å². The number of anilines is 1. The van der Waals surface area contributed by atoms with Crippen molar-refractivity contribution >= 4 is 34.7 Å². The molecule has 2 aromatic carbocycles. The molecule has 0 fully saturated rings. The number of nitro benzene ring substituents is 2. The Bertz CT molecular complexity index is 1050. The standard InChI is InChI=1S/C20H20N4O8/c1-3-31-18(25)11-13-10-15(17(24(29)30)12-16(13)23(27)28)19(20(26)32-4-2)22-21-14-8-6-5-7-9-14/h5-10,12,21H,3-4,11H2,1-2H3/b22-19-. The first kappa shape index (κ1) is 23.9. The van der Waals surface area contributed by atoms with Gasteiger partial charge in [0.15, 0.2) is 5.71 Å². The van der Waals surface area contributed by atoms with Crippen LogP contribution in [0.1, 0.15) is 25.0 Å². The van der Waals surface area contributed by atoms with Crippen molar-refractivity contribution in [3.8, 4) is 0 Å². The van der Waals surface area contributed by atoms with E-state index in [1.165, 1.54) is 6.92 Å². The van der Waals surface area contributed by atoms with Gasteiger partial charge in [-0.1, -0.05) is 18.2 Å². The summed E-state index contributed by atoms with van der Waals surface area (Å²) in [6.07, 6.45) is -0.530. The summed E-state index contributed by atoms with van der Waals surface area (Å²) in [6.45, 7) is 3.10. The Hall–Kier alpha value is -4.35. The molecule has 12 heteroatoms. The Labute approximate surface area is 182 Å². The van der Waals surface area contributed by atoms with E-state index in [-0.39, 0.29) is 24.3 Å². The number of hydrazone groups is 1. The minimum Gasteiger partial charge on any atom is -0.466 e. The molecule has 12 nitrogen and oxygen atoms in total. The quantitative estimate of drug-likeness (QED) is 0.251. The number of para-hydroxylation sites is 1. The van der Waals surface area contributed by atoms with Gasteiger partial charge >= 0.3 is 11.9 Å². The maximum Gasteiger partial charge on any atom is 0.359 e. The number of benzene rings is 2. The topological polar surface area (TPSA) is 163 Å². The van der Waals surface area contributed by atoms with Crippen LogP contribution in [0.2, 0.25) is 0 Å². The smallest absolute Gasteiger partial charge is 0.359 e. The summed E-state index contributed by atoms with van der Waals surface area (Å²) >= 11 is 0. The van der Waals surface area contributed by atoms with Crippen molar-refractivity contribution in [2.75, 3.05) is 18.6 Å². The maximum atomic E-state index is 12.6. The van der Waals surface area contributed by atoms with Gasteiger partial charge < -0.3 is 9.47 Å².